The first-order valence-corrected chi connectivity index (χ1v) is 7.78. The Morgan fingerprint density at radius 2 is 2.00 bits per heavy atom. The average molecular weight is 332 g/mol. The summed E-state index contributed by atoms with van der Waals surface area (Å²) in [6.07, 6.45) is 1.88. The molecular weight excluding hydrogens is 314 g/mol. The Labute approximate surface area is 128 Å². The first kappa shape index (κ1) is 13.7. The van der Waals surface area contributed by atoms with Gasteiger partial charge in [-0.2, -0.15) is 0 Å². The summed E-state index contributed by atoms with van der Waals surface area (Å²) in [6.45, 7) is 2.17. The summed E-state index contributed by atoms with van der Waals surface area (Å²) in [4.78, 5) is 0. The Balaban J connectivity index is 1.97. The van der Waals surface area contributed by atoms with Crippen molar-refractivity contribution >= 4 is 15.9 Å². The number of hydrogen-bond acceptors (Lipinski definition) is 2. The van der Waals surface area contributed by atoms with Gasteiger partial charge in [-0.1, -0.05) is 47.1 Å². The van der Waals surface area contributed by atoms with Gasteiger partial charge in [-0.15, -0.1) is 0 Å². The Hall–Kier alpha value is -1.32. The van der Waals surface area contributed by atoms with Crippen molar-refractivity contribution in [2.45, 2.75) is 31.9 Å². The first-order chi connectivity index (χ1) is 9.69. The zero-order chi connectivity index (χ0) is 14.1. The minimum atomic E-state index is 0.0196. The minimum absolute atomic E-state index is 0.0196. The summed E-state index contributed by atoms with van der Waals surface area (Å²) in [5.74, 6) is 0.905. The van der Waals surface area contributed by atoms with E-state index in [1.54, 1.807) is 0 Å². The highest BCUT2D eigenvalue weighted by Crippen LogP contribution is 2.41. The van der Waals surface area contributed by atoms with Crippen LogP contribution in [0.1, 0.15) is 42.2 Å². The van der Waals surface area contributed by atoms with Gasteiger partial charge in [0.25, 0.3) is 0 Å². The maximum atomic E-state index is 6.33. The topological polar surface area (TPSA) is 35.2 Å². The number of hydrogen-bond donors (Lipinski definition) is 1. The molecule has 0 fully saturated rings. The predicted octanol–water partition coefficient (Wildman–Crippen LogP) is 4.54. The molecule has 1 unspecified atom stereocenters. The SMILES string of the molecule is CCc1ccccc1C1C[C@H](N)c2cc(Br)ccc2O1. The third-order valence-electron chi connectivity index (χ3n) is 3.89. The molecule has 0 saturated heterocycles. The molecule has 2 aromatic carbocycles. The van der Waals surface area contributed by atoms with Gasteiger partial charge < -0.3 is 10.5 Å². The molecule has 2 atom stereocenters. The van der Waals surface area contributed by atoms with E-state index in [1.807, 2.05) is 12.1 Å². The lowest BCUT2D eigenvalue weighted by molar-refractivity contribution is 0.160. The standard InChI is InChI=1S/C17H18BrNO/c1-2-11-5-3-4-6-13(11)17-10-15(19)14-9-12(18)7-8-16(14)20-17/h3-9,15,17H,2,10,19H2,1H3/t15-,17?/m0/s1. The molecule has 0 aliphatic carbocycles. The van der Waals surface area contributed by atoms with Crippen molar-refractivity contribution < 1.29 is 4.74 Å². The van der Waals surface area contributed by atoms with Crippen molar-refractivity contribution in [3.8, 4) is 5.75 Å². The van der Waals surface area contributed by atoms with Crippen LogP contribution < -0.4 is 10.5 Å². The van der Waals surface area contributed by atoms with Crippen LogP contribution in [-0.4, -0.2) is 0 Å². The molecule has 3 heteroatoms. The molecule has 1 heterocycles. The average Bonchev–Trinajstić information content (AvgIpc) is 2.47. The molecule has 0 amide bonds. The van der Waals surface area contributed by atoms with Gasteiger partial charge in [0.1, 0.15) is 11.9 Å². The van der Waals surface area contributed by atoms with E-state index in [1.165, 1.54) is 11.1 Å². The van der Waals surface area contributed by atoms with E-state index in [2.05, 4.69) is 53.2 Å². The highest BCUT2D eigenvalue weighted by Gasteiger charge is 2.28. The molecule has 2 aromatic rings. The maximum Gasteiger partial charge on any atom is 0.126 e. The van der Waals surface area contributed by atoms with E-state index in [4.69, 9.17) is 10.5 Å². The van der Waals surface area contributed by atoms with Gasteiger partial charge in [-0.05, 0) is 35.7 Å². The Bertz CT molecular complexity index is 626. The fourth-order valence-corrected chi connectivity index (χ4v) is 3.21. The summed E-state index contributed by atoms with van der Waals surface area (Å²) < 4.78 is 7.23. The van der Waals surface area contributed by atoms with Crippen LogP contribution in [0, 0.1) is 0 Å². The summed E-state index contributed by atoms with van der Waals surface area (Å²) in [5.41, 5.74) is 10.0. The van der Waals surface area contributed by atoms with E-state index >= 15 is 0 Å². The quantitative estimate of drug-likeness (QED) is 0.877. The number of nitrogens with two attached hydrogens (primary N) is 1. The van der Waals surface area contributed by atoms with Crippen LogP contribution in [0.5, 0.6) is 5.75 Å². The van der Waals surface area contributed by atoms with Gasteiger partial charge >= 0.3 is 0 Å². The van der Waals surface area contributed by atoms with Crippen molar-refractivity contribution in [2.75, 3.05) is 0 Å². The zero-order valence-electron chi connectivity index (χ0n) is 11.5. The van der Waals surface area contributed by atoms with Crippen LogP contribution in [0.3, 0.4) is 0 Å². The lowest BCUT2D eigenvalue weighted by atomic mass is 9.91. The fourth-order valence-electron chi connectivity index (χ4n) is 2.84. The molecule has 0 radical (unpaired) electrons. The second-order valence-electron chi connectivity index (χ2n) is 5.18. The van der Waals surface area contributed by atoms with Gasteiger partial charge in [0, 0.05) is 22.5 Å². The summed E-state index contributed by atoms with van der Waals surface area (Å²) in [5, 5.41) is 0. The van der Waals surface area contributed by atoms with E-state index in [9.17, 15) is 0 Å². The third kappa shape index (κ3) is 2.48. The molecule has 104 valence electrons. The molecule has 3 rings (SSSR count). The highest BCUT2D eigenvalue weighted by atomic mass is 79.9. The smallest absolute Gasteiger partial charge is 0.126 e. The van der Waals surface area contributed by atoms with Crippen LogP contribution >= 0.6 is 15.9 Å². The van der Waals surface area contributed by atoms with E-state index in [0.29, 0.717) is 0 Å². The molecule has 0 aromatic heterocycles. The van der Waals surface area contributed by atoms with Crippen molar-refractivity contribution in [3.05, 3.63) is 63.6 Å². The van der Waals surface area contributed by atoms with Gasteiger partial charge in [0.2, 0.25) is 0 Å². The number of fused-ring (bicyclic) bond motifs is 1. The summed E-state index contributed by atoms with van der Waals surface area (Å²) in [7, 11) is 0. The third-order valence-corrected chi connectivity index (χ3v) is 4.38. The predicted molar refractivity (Wildman–Crippen MR) is 84.9 cm³/mol. The lowest BCUT2D eigenvalue weighted by Gasteiger charge is -2.31. The summed E-state index contributed by atoms with van der Waals surface area (Å²) >= 11 is 3.49. The molecular formula is C17H18BrNO. The number of ether oxygens (including phenoxy) is 1. The molecule has 2 nitrogen and oxygen atoms in total. The van der Waals surface area contributed by atoms with E-state index in [0.717, 1.165) is 28.6 Å². The Kier molecular flexibility index (Phi) is 3.81. The van der Waals surface area contributed by atoms with Gasteiger partial charge in [-0.3, -0.25) is 0 Å². The van der Waals surface area contributed by atoms with Crippen LogP contribution in [0.25, 0.3) is 0 Å². The van der Waals surface area contributed by atoms with Gasteiger partial charge in [0.05, 0.1) is 0 Å². The van der Waals surface area contributed by atoms with Crippen LogP contribution in [0.2, 0.25) is 0 Å². The minimum Gasteiger partial charge on any atom is -0.485 e. The zero-order valence-corrected chi connectivity index (χ0v) is 13.1. The number of aryl methyl sites for hydroxylation is 1. The molecule has 0 spiro atoms. The van der Waals surface area contributed by atoms with Gasteiger partial charge in [-0.25, -0.2) is 0 Å². The van der Waals surface area contributed by atoms with Crippen molar-refractivity contribution in [3.63, 3.8) is 0 Å². The largest absolute Gasteiger partial charge is 0.485 e. The first-order valence-electron chi connectivity index (χ1n) is 6.98. The molecule has 0 saturated carbocycles. The highest BCUT2D eigenvalue weighted by molar-refractivity contribution is 9.10. The second-order valence-corrected chi connectivity index (χ2v) is 6.10. The summed E-state index contributed by atoms with van der Waals surface area (Å²) in [6, 6.07) is 14.5. The molecule has 0 bridgehead atoms. The van der Waals surface area contributed by atoms with Crippen molar-refractivity contribution in [1.29, 1.82) is 0 Å². The maximum absolute atomic E-state index is 6.33. The number of halogens is 1. The molecule has 2 N–H and O–H groups in total. The Morgan fingerprint density at radius 3 is 2.80 bits per heavy atom. The second kappa shape index (κ2) is 5.58. The Morgan fingerprint density at radius 1 is 1.20 bits per heavy atom. The van der Waals surface area contributed by atoms with Crippen molar-refractivity contribution in [1.82, 2.24) is 0 Å². The van der Waals surface area contributed by atoms with E-state index < -0.39 is 0 Å². The van der Waals surface area contributed by atoms with E-state index in [-0.39, 0.29) is 12.1 Å². The number of benzene rings is 2. The molecule has 20 heavy (non-hydrogen) atoms. The van der Waals surface area contributed by atoms with Gasteiger partial charge in [0.15, 0.2) is 0 Å². The van der Waals surface area contributed by atoms with Crippen molar-refractivity contribution in [2.24, 2.45) is 5.73 Å². The van der Waals surface area contributed by atoms with Crippen LogP contribution in [0.15, 0.2) is 46.9 Å². The molecule has 1 aliphatic heterocycles. The number of rotatable bonds is 2. The normalized spacial score (nSPS) is 21.1. The fraction of sp³-hybridized carbons (Fsp3) is 0.294. The van der Waals surface area contributed by atoms with Crippen LogP contribution in [0.4, 0.5) is 0 Å². The van der Waals surface area contributed by atoms with Crippen LogP contribution in [-0.2, 0) is 6.42 Å². The lowest BCUT2D eigenvalue weighted by Crippen LogP contribution is -2.24. The molecule has 1 aliphatic rings. The monoisotopic (exact) mass is 331 g/mol.